The molecular formula is C26H36N2O7. The van der Waals surface area contributed by atoms with Crippen LogP contribution in [0.15, 0.2) is 46.8 Å². The van der Waals surface area contributed by atoms with E-state index in [2.05, 4.69) is 12.2 Å². The third-order valence-corrected chi connectivity index (χ3v) is 5.56. The summed E-state index contributed by atoms with van der Waals surface area (Å²) >= 11 is 0. The van der Waals surface area contributed by atoms with Gasteiger partial charge in [-0.3, -0.25) is 10.1 Å². The summed E-state index contributed by atoms with van der Waals surface area (Å²) in [7, 11) is 0. The Morgan fingerprint density at radius 3 is 2.34 bits per heavy atom. The van der Waals surface area contributed by atoms with Crippen molar-refractivity contribution in [1.82, 2.24) is 5.32 Å². The van der Waals surface area contributed by atoms with Gasteiger partial charge in [-0.25, -0.2) is 9.59 Å². The maximum atomic E-state index is 13.2. The van der Waals surface area contributed by atoms with Crippen molar-refractivity contribution in [2.75, 3.05) is 19.8 Å². The number of dihydropyridines is 1. The van der Waals surface area contributed by atoms with Crippen molar-refractivity contribution in [3.05, 3.63) is 62.5 Å². The van der Waals surface area contributed by atoms with Crippen molar-refractivity contribution in [3.8, 4) is 0 Å². The van der Waals surface area contributed by atoms with Crippen molar-refractivity contribution >= 4 is 17.6 Å². The van der Waals surface area contributed by atoms with E-state index in [9.17, 15) is 19.7 Å². The van der Waals surface area contributed by atoms with Crippen LogP contribution in [0.5, 0.6) is 0 Å². The largest absolute Gasteiger partial charge is 0.460 e. The van der Waals surface area contributed by atoms with Crippen molar-refractivity contribution in [3.63, 3.8) is 0 Å². The van der Waals surface area contributed by atoms with E-state index in [0.717, 1.165) is 25.7 Å². The maximum Gasteiger partial charge on any atom is 0.337 e. The highest BCUT2D eigenvalue weighted by atomic mass is 16.6. The number of non-ortho nitro benzene ring substituents is 1. The molecule has 0 bridgehead atoms. The van der Waals surface area contributed by atoms with Crippen LogP contribution in [0.25, 0.3) is 0 Å². The number of hydrogen-bond donors (Lipinski definition) is 1. The number of nitrogens with one attached hydrogen (secondary N) is 1. The molecule has 1 aliphatic heterocycles. The molecule has 0 spiro atoms. The maximum absolute atomic E-state index is 13.2. The van der Waals surface area contributed by atoms with Gasteiger partial charge in [0.2, 0.25) is 0 Å². The summed E-state index contributed by atoms with van der Waals surface area (Å²) in [5.74, 6) is -2.11. The highest BCUT2D eigenvalue weighted by Crippen LogP contribution is 2.40. The standard InChI is InChI=1S/C26H36N2O7/c1-6-7-8-9-13-33-14-15-34-25(29)22-18(4)27-19(5)23(26(30)35-17(2)3)24(22)20-11-10-12-21(16-20)28(31)32/h10-12,16-17,24,27H,6-9,13-15H2,1-5H3. The number of nitro benzene ring substituents is 1. The average molecular weight is 489 g/mol. The highest BCUT2D eigenvalue weighted by molar-refractivity contribution is 6.00. The number of carbonyl (C=O) groups is 2. The number of carbonyl (C=O) groups excluding carboxylic acids is 2. The lowest BCUT2D eigenvalue weighted by molar-refractivity contribution is -0.384. The summed E-state index contributed by atoms with van der Waals surface area (Å²) in [4.78, 5) is 37.1. The molecule has 0 radical (unpaired) electrons. The Morgan fingerprint density at radius 2 is 1.71 bits per heavy atom. The molecule has 0 saturated heterocycles. The summed E-state index contributed by atoms with van der Waals surface area (Å²) < 4.78 is 16.5. The summed E-state index contributed by atoms with van der Waals surface area (Å²) in [6, 6.07) is 5.91. The van der Waals surface area contributed by atoms with Crippen LogP contribution in [0.2, 0.25) is 0 Å². The van der Waals surface area contributed by atoms with E-state index >= 15 is 0 Å². The van der Waals surface area contributed by atoms with Crippen LogP contribution in [0.1, 0.15) is 71.8 Å². The highest BCUT2D eigenvalue weighted by Gasteiger charge is 2.38. The minimum atomic E-state index is -0.884. The summed E-state index contributed by atoms with van der Waals surface area (Å²) in [5.41, 5.74) is 1.72. The molecule has 1 unspecified atom stereocenters. The molecule has 0 aromatic heterocycles. The fourth-order valence-electron chi connectivity index (χ4n) is 3.97. The normalized spacial score (nSPS) is 15.8. The van der Waals surface area contributed by atoms with E-state index in [1.54, 1.807) is 33.8 Å². The predicted octanol–water partition coefficient (Wildman–Crippen LogP) is 4.92. The summed E-state index contributed by atoms with van der Waals surface area (Å²) in [6.07, 6.45) is 3.97. The minimum absolute atomic E-state index is 0.0551. The topological polar surface area (TPSA) is 117 Å². The van der Waals surface area contributed by atoms with Crippen LogP contribution in [-0.4, -0.2) is 42.8 Å². The fraction of sp³-hybridized carbons (Fsp3) is 0.538. The van der Waals surface area contributed by atoms with Gasteiger partial charge in [-0.2, -0.15) is 0 Å². The summed E-state index contributed by atoms with van der Waals surface area (Å²) in [6.45, 7) is 9.93. The van der Waals surface area contributed by atoms with Gasteiger partial charge in [0.1, 0.15) is 6.61 Å². The van der Waals surface area contributed by atoms with Gasteiger partial charge >= 0.3 is 11.9 Å². The molecule has 35 heavy (non-hydrogen) atoms. The monoisotopic (exact) mass is 488 g/mol. The molecule has 2 rings (SSSR count). The second-order valence-electron chi connectivity index (χ2n) is 8.75. The first kappa shape index (κ1) is 28.0. The van der Waals surface area contributed by atoms with Gasteiger partial charge in [0.15, 0.2) is 0 Å². The van der Waals surface area contributed by atoms with Crippen LogP contribution in [0.4, 0.5) is 5.69 Å². The Hall–Kier alpha value is -3.20. The average Bonchev–Trinajstić information content (AvgIpc) is 2.79. The molecule has 9 nitrogen and oxygen atoms in total. The zero-order valence-corrected chi connectivity index (χ0v) is 21.2. The van der Waals surface area contributed by atoms with Gasteiger partial charge in [-0.1, -0.05) is 38.3 Å². The smallest absolute Gasteiger partial charge is 0.337 e. The molecule has 0 saturated carbocycles. The predicted molar refractivity (Wildman–Crippen MR) is 132 cm³/mol. The molecule has 0 aliphatic carbocycles. The molecule has 9 heteroatoms. The van der Waals surface area contributed by atoms with E-state index in [1.165, 1.54) is 18.2 Å². The number of esters is 2. The third kappa shape index (κ3) is 7.92. The molecule has 0 fully saturated rings. The van der Waals surface area contributed by atoms with E-state index in [-0.39, 0.29) is 36.2 Å². The lowest BCUT2D eigenvalue weighted by Crippen LogP contribution is -2.33. The number of ether oxygens (including phenoxy) is 3. The van der Waals surface area contributed by atoms with Gasteiger partial charge in [0, 0.05) is 30.1 Å². The number of allylic oxidation sites excluding steroid dienone is 2. The number of nitro groups is 1. The van der Waals surface area contributed by atoms with Crippen molar-refractivity contribution < 1.29 is 28.7 Å². The molecule has 1 aromatic rings. The Labute approximate surface area is 206 Å². The van der Waals surface area contributed by atoms with Crippen LogP contribution in [-0.2, 0) is 23.8 Å². The molecule has 1 N–H and O–H groups in total. The number of hydrogen-bond acceptors (Lipinski definition) is 8. The van der Waals surface area contributed by atoms with Gasteiger partial charge in [-0.15, -0.1) is 0 Å². The van der Waals surface area contributed by atoms with Crippen molar-refractivity contribution in [2.24, 2.45) is 0 Å². The molecule has 1 aromatic carbocycles. The first-order valence-corrected chi connectivity index (χ1v) is 12.1. The second-order valence-corrected chi connectivity index (χ2v) is 8.75. The molecule has 1 aliphatic rings. The first-order valence-electron chi connectivity index (χ1n) is 12.1. The lowest BCUT2D eigenvalue weighted by Gasteiger charge is -2.30. The number of benzene rings is 1. The zero-order valence-electron chi connectivity index (χ0n) is 21.2. The zero-order chi connectivity index (χ0) is 26.0. The number of rotatable bonds is 13. The lowest BCUT2D eigenvalue weighted by atomic mass is 9.80. The molecule has 0 amide bonds. The van der Waals surface area contributed by atoms with E-state index in [1.807, 2.05) is 0 Å². The molecule has 1 heterocycles. The van der Waals surface area contributed by atoms with Crippen LogP contribution in [0, 0.1) is 10.1 Å². The van der Waals surface area contributed by atoms with E-state index in [4.69, 9.17) is 14.2 Å². The summed E-state index contributed by atoms with van der Waals surface area (Å²) in [5, 5.41) is 14.5. The first-order chi connectivity index (χ1) is 16.7. The molecule has 1 atom stereocenters. The molecule has 192 valence electrons. The van der Waals surface area contributed by atoms with Crippen LogP contribution >= 0.6 is 0 Å². The Morgan fingerprint density at radius 1 is 1.03 bits per heavy atom. The van der Waals surface area contributed by atoms with Gasteiger partial charge < -0.3 is 19.5 Å². The van der Waals surface area contributed by atoms with Gasteiger partial charge in [0.05, 0.1) is 34.7 Å². The minimum Gasteiger partial charge on any atom is -0.460 e. The Kier molecular flexibility index (Phi) is 10.9. The SMILES string of the molecule is CCCCCCOCCOC(=O)C1=C(C)NC(C)=C(C(=O)OC(C)C)C1c1cccc([N+](=O)[O-])c1. The molecular weight excluding hydrogens is 452 g/mol. The van der Waals surface area contributed by atoms with E-state index in [0.29, 0.717) is 23.6 Å². The number of nitrogens with zero attached hydrogens (tertiary/aromatic N) is 1. The Balaban J connectivity index is 2.29. The van der Waals surface area contributed by atoms with Gasteiger partial charge in [0.25, 0.3) is 5.69 Å². The quantitative estimate of drug-likeness (QED) is 0.180. The number of unbranched alkanes of at least 4 members (excludes halogenated alkanes) is 3. The Bertz CT molecular complexity index is 982. The van der Waals surface area contributed by atoms with E-state index < -0.39 is 22.8 Å². The van der Waals surface area contributed by atoms with Crippen molar-refractivity contribution in [1.29, 1.82) is 0 Å². The second kappa shape index (κ2) is 13.6. The van der Waals surface area contributed by atoms with Gasteiger partial charge in [-0.05, 0) is 39.7 Å². The van der Waals surface area contributed by atoms with Crippen molar-refractivity contribution in [2.45, 2.75) is 72.3 Å². The van der Waals surface area contributed by atoms with Crippen LogP contribution in [0.3, 0.4) is 0 Å². The van der Waals surface area contributed by atoms with Crippen LogP contribution < -0.4 is 5.32 Å². The fourth-order valence-corrected chi connectivity index (χ4v) is 3.97. The third-order valence-electron chi connectivity index (χ3n) is 5.56.